The molecule has 0 aromatic heterocycles. The van der Waals surface area contributed by atoms with Crippen LogP contribution in [0.1, 0.15) is 20.3 Å². The molecule has 1 heterocycles. The Balaban J connectivity index is 2.69. The highest BCUT2D eigenvalue weighted by Gasteiger charge is 2.37. The van der Waals surface area contributed by atoms with E-state index in [2.05, 4.69) is 5.16 Å². The molecule has 0 amide bonds. The number of aliphatic hydroxyl groups excluding tert-OH is 1. The lowest BCUT2D eigenvalue weighted by Gasteiger charge is -2.15. The van der Waals surface area contributed by atoms with Crippen LogP contribution in [0, 0.1) is 0 Å². The van der Waals surface area contributed by atoms with Gasteiger partial charge in [-0.2, -0.15) is 0 Å². The summed E-state index contributed by atoms with van der Waals surface area (Å²) in [5, 5.41) is 12.5. The second kappa shape index (κ2) is 5.61. The lowest BCUT2D eigenvalue weighted by atomic mass is 10.3. The van der Waals surface area contributed by atoms with Crippen molar-refractivity contribution in [2.45, 2.75) is 26.4 Å². The van der Waals surface area contributed by atoms with Gasteiger partial charge in [0.25, 0.3) is 0 Å². The molecule has 88 valence electrons. The minimum absolute atomic E-state index is 0.161. The fraction of sp³-hybridized carbons (Fsp3) is 0.875. The van der Waals surface area contributed by atoms with Crippen molar-refractivity contribution in [3.63, 3.8) is 0 Å². The van der Waals surface area contributed by atoms with E-state index < -0.39 is 13.7 Å². The molecular formula is C8H16NO5P. The van der Waals surface area contributed by atoms with E-state index in [1.54, 1.807) is 13.8 Å². The Bertz CT molecular complexity index is 270. The van der Waals surface area contributed by atoms with Crippen molar-refractivity contribution in [3.8, 4) is 0 Å². The number of nitrogens with zero attached hydrogens (tertiary/aromatic N) is 1. The van der Waals surface area contributed by atoms with E-state index in [1.807, 2.05) is 0 Å². The zero-order chi connectivity index (χ0) is 11.3. The van der Waals surface area contributed by atoms with Crippen molar-refractivity contribution < 1.29 is 23.6 Å². The maximum Gasteiger partial charge on any atom is 0.378 e. The van der Waals surface area contributed by atoms with Crippen LogP contribution in [-0.2, 0) is 18.5 Å². The second-order valence-corrected chi connectivity index (χ2v) is 4.98. The Morgan fingerprint density at radius 3 is 2.53 bits per heavy atom. The number of hydrogen-bond donors (Lipinski definition) is 1. The summed E-state index contributed by atoms with van der Waals surface area (Å²) < 4.78 is 22.3. The Hall–Kier alpha value is -0.420. The Morgan fingerprint density at radius 2 is 2.13 bits per heavy atom. The third-order valence-corrected chi connectivity index (χ3v) is 3.93. The standard InChI is InChI=1S/C8H16NO5P/c1-3-12-15(11,13-4-2)8-5-7(6-10)14-9-8/h7,10H,3-6H2,1-2H3. The molecule has 7 heteroatoms. The van der Waals surface area contributed by atoms with Crippen LogP contribution in [-0.4, -0.2) is 36.5 Å². The Morgan fingerprint density at radius 1 is 1.53 bits per heavy atom. The summed E-state index contributed by atoms with van der Waals surface area (Å²) in [5.74, 6) is 0. The summed E-state index contributed by atoms with van der Waals surface area (Å²) in [5.41, 5.74) is 0.255. The van der Waals surface area contributed by atoms with E-state index in [4.69, 9.17) is 19.0 Å². The van der Waals surface area contributed by atoms with Gasteiger partial charge >= 0.3 is 7.60 Å². The average Bonchev–Trinajstić information content (AvgIpc) is 2.67. The fourth-order valence-corrected chi connectivity index (χ4v) is 2.83. The van der Waals surface area contributed by atoms with E-state index in [-0.39, 0.29) is 31.7 Å². The molecule has 0 saturated heterocycles. The molecule has 0 saturated carbocycles. The first-order chi connectivity index (χ1) is 7.16. The molecule has 0 bridgehead atoms. The van der Waals surface area contributed by atoms with Crippen LogP contribution in [0.5, 0.6) is 0 Å². The van der Waals surface area contributed by atoms with Gasteiger partial charge in [-0.1, -0.05) is 5.16 Å². The largest absolute Gasteiger partial charge is 0.392 e. The topological polar surface area (TPSA) is 77.4 Å². The molecule has 1 unspecified atom stereocenters. The number of hydrogen-bond acceptors (Lipinski definition) is 6. The summed E-state index contributed by atoms with van der Waals surface area (Å²) in [4.78, 5) is 4.86. The number of oxime groups is 1. The summed E-state index contributed by atoms with van der Waals surface area (Å²) in [6.07, 6.45) is -0.150. The van der Waals surface area contributed by atoms with Gasteiger partial charge in [0, 0.05) is 6.42 Å². The smallest absolute Gasteiger partial charge is 0.378 e. The number of rotatable bonds is 6. The van der Waals surface area contributed by atoms with Gasteiger partial charge in [-0.15, -0.1) is 0 Å². The van der Waals surface area contributed by atoms with Gasteiger partial charge < -0.3 is 19.0 Å². The molecular weight excluding hydrogens is 221 g/mol. The van der Waals surface area contributed by atoms with E-state index in [0.29, 0.717) is 0 Å². The predicted octanol–water partition coefficient (Wildman–Crippen LogP) is 1.35. The third kappa shape index (κ3) is 3.01. The molecule has 1 atom stereocenters. The highest BCUT2D eigenvalue weighted by molar-refractivity contribution is 7.72. The van der Waals surface area contributed by atoms with Crippen LogP contribution in [0.25, 0.3) is 0 Å². The van der Waals surface area contributed by atoms with Crippen molar-refractivity contribution in [2.24, 2.45) is 5.16 Å². The SMILES string of the molecule is CCOP(=O)(OCC)C1=NOC(CO)C1. The third-order valence-electron chi connectivity index (χ3n) is 1.84. The van der Waals surface area contributed by atoms with Crippen molar-refractivity contribution in [3.05, 3.63) is 0 Å². The van der Waals surface area contributed by atoms with Crippen LogP contribution in [0.2, 0.25) is 0 Å². The van der Waals surface area contributed by atoms with Gasteiger partial charge in [0.05, 0.1) is 19.8 Å². The van der Waals surface area contributed by atoms with Gasteiger partial charge in [0.1, 0.15) is 0 Å². The Kier molecular flexibility index (Phi) is 4.73. The fourth-order valence-electron chi connectivity index (χ4n) is 1.20. The van der Waals surface area contributed by atoms with E-state index in [9.17, 15) is 4.57 Å². The Labute approximate surface area is 88.7 Å². The highest BCUT2D eigenvalue weighted by atomic mass is 31.2. The van der Waals surface area contributed by atoms with Crippen LogP contribution in [0.4, 0.5) is 0 Å². The lowest BCUT2D eigenvalue weighted by molar-refractivity contribution is 0.0390. The second-order valence-electron chi connectivity index (χ2n) is 2.95. The summed E-state index contributed by atoms with van der Waals surface area (Å²) >= 11 is 0. The average molecular weight is 237 g/mol. The molecule has 0 aromatic carbocycles. The first-order valence-electron chi connectivity index (χ1n) is 4.89. The molecule has 6 nitrogen and oxygen atoms in total. The van der Waals surface area contributed by atoms with Gasteiger partial charge in [-0.25, -0.2) is 0 Å². The maximum absolute atomic E-state index is 12.1. The number of aliphatic hydroxyl groups is 1. The molecule has 0 radical (unpaired) electrons. The van der Waals surface area contributed by atoms with E-state index >= 15 is 0 Å². The van der Waals surface area contributed by atoms with Crippen molar-refractivity contribution in [1.29, 1.82) is 0 Å². The molecule has 0 spiro atoms. The zero-order valence-corrected chi connectivity index (χ0v) is 9.77. The highest BCUT2D eigenvalue weighted by Crippen LogP contribution is 2.52. The van der Waals surface area contributed by atoms with E-state index in [0.717, 1.165) is 0 Å². The van der Waals surface area contributed by atoms with Gasteiger partial charge in [0.2, 0.25) is 0 Å². The van der Waals surface area contributed by atoms with Crippen LogP contribution < -0.4 is 0 Å². The van der Waals surface area contributed by atoms with Crippen LogP contribution >= 0.6 is 7.60 Å². The molecule has 1 aliphatic heterocycles. The summed E-state index contributed by atoms with van der Waals surface area (Å²) in [6, 6.07) is 0. The zero-order valence-electron chi connectivity index (χ0n) is 8.88. The van der Waals surface area contributed by atoms with Gasteiger partial charge in [-0.05, 0) is 13.8 Å². The molecule has 1 rings (SSSR count). The molecule has 0 fully saturated rings. The lowest BCUT2D eigenvalue weighted by Crippen LogP contribution is -2.14. The monoisotopic (exact) mass is 237 g/mol. The maximum atomic E-state index is 12.1. The molecule has 1 N–H and O–H groups in total. The molecule has 0 aliphatic carbocycles. The minimum Gasteiger partial charge on any atom is -0.392 e. The molecule has 0 aromatic rings. The minimum atomic E-state index is -3.30. The molecule has 1 aliphatic rings. The van der Waals surface area contributed by atoms with Crippen molar-refractivity contribution in [2.75, 3.05) is 19.8 Å². The van der Waals surface area contributed by atoms with Crippen LogP contribution in [0.3, 0.4) is 0 Å². The quantitative estimate of drug-likeness (QED) is 0.705. The van der Waals surface area contributed by atoms with E-state index in [1.165, 1.54) is 0 Å². The normalized spacial score (nSPS) is 21.3. The van der Waals surface area contributed by atoms with Gasteiger partial charge in [-0.3, -0.25) is 4.57 Å². The first kappa shape index (κ1) is 12.6. The summed E-state index contributed by atoms with van der Waals surface area (Å²) in [7, 11) is -3.30. The first-order valence-corrected chi connectivity index (χ1v) is 6.43. The molecule has 15 heavy (non-hydrogen) atoms. The predicted molar refractivity (Wildman–Crippen MR) is 54.9 cm³/mol. The van der Waals surface area contributed by atoms with Crippen LogP contribution in [0.15, 0.2) is 5.16 Å². The van der Waals surface area contributed by atoms with Crippen molar-refractivity contribution in [1.82, 2.24) is 0 Å². The van der Waals surface area contributed by atoms with Gasteiger partial charge in [0.15, 0.2) is 11.6 Å². The van der Waals surface area contributed by atoms with Crippen molar-refractivity contribution >= 4 is 13.0 Å². The summed E-state index contributed by atoms with van der Waals surface area (Å²) in [6.45, 7) is 3.85.